The molecule has 0 aromatic heterocycles. The Morgan fingerprint density at radius 3 is 2.29 bits per heavy atom. The maximum atomic E-state index is 12.9. The van der Waals surface area contributed by atoms with Crippen molar-refractivity contribution in [3.05, 3.63) is 106 Å². The van der Waals surface area contributed by atoms with Crippen molar-refractivity contribution in [2.75, 3.05) is 6.61 Å². The molecule has 2 aliphatic rings. The first kappa shape index (κ1) is 27.7. The van der Waals surface area contributed by atoms with Gasteiger partial charge in [0.2, 0.25) is 17.7 Å². The first-order chi connectivity index (χ1) is 19.8. The van der Waals surface area contributed by atoms with Crippen LogP contribution in [0.2, 0.25) is 0 Å². The summed E-state index contributed by atoms with van der Waals surface area (Å²) in [5.41, 5.74) is 4.23. The Hall–Kier alpha value is -4.83. The molecule has 0 radical (unpaired) electrons. The van der Waals surface area contributed by atoms with Crippen LogP contribution in [0.25, 0.3) is 0 Å². The first-order valence-electron chi connectivity index (χ1n) is 13.4. The summed E-state index contributed by atoms with van der Waals surface area (Å²) in [6.07, 6.45) is 0.456. The van der Waals surface area contributed by atoms with Gasteiger partial charge >= 0.3 is 0 Å². The van der Waals surface area contributed by atoms with Gasteiger partial charge in [-0.25, -0.2) is 0 Å². The molecule has 10 nitrogen and oxygen atoms in total. The summed E-state index contributed by atoms with van der Waals surface area (Å²) in [5, 5.41) is 14.6. The smallest absolute Gasteiger partial charge is 0.255 e. The van der Waals surface area contributed by atoms with E-state index in [0.29, 0.717) is 29.8 Å². The summed E-state index contributed by atoms with van der Waals surface area (Å²) >= 11 is 0. The Morgan fingerprint density at radius 2 is 1.61 bits per heavy atom. The van der Waals surface area contributed by atoms with E-state index < -0.39 is 18.6 Å². The lowest BCUT2D eigenvalue weighted by Crippen LogP contribution is -2.52. The van der Waals surface area contributed by atoms with E-state index in [-0.39, 0.29) is 49.6 Å². The molecule has 1 unspecified atom stereocenters. The van der Waals surface area contributed by atoms with E-state index in [1.54, 1.807) is 23.1 Å². The normalized spacial score (nSPS) is 16.3. The zero-order chi connectivity index (χ0) is 28.9. The van der Waals surface area contributed by atoms with Gasteiger partial charge in [-0.15, -0.1) is 0 Å². The quantitative estimate of drug-likeness (QED) is 0.346. The number of amides is 5. The van der Waals surface area contributed by atoms with E-state index in [1.165, 1.54) is 4.90 Å². The van der Waals surface area contributed by atoms with Crippen molar-refractivity contribution in [2.45, 2.75) is 45.1 Å². The van der Waals surface area contributed by atoms with Gasteiger partial charge in [-0.3, -0.25) is 29.3 Å². The molecule has 1 saturated heterocycles. The predicted octanol–water partition coefficient (Wildman–Crippen LogP) is 1.90. The second-order valence-electron chi connectivity index (χ2n) is 10.2. The van der Waals surface area contributed by atoms with E-state index in [0.717, 1.165) is 16.7 Å². The molecule has 210 valence electrons. The van der Waals surface area contributed by atoms with Gasteiger partial charge in [0.1, 0.15) is 12.6 Å². The van der Waals surface area contributed by atoms with Crippen molar-refractivity contribution >= 4 is 29.5 Å². The molecule has 3 aromatic rings. The summed E-state index contributed by atoms with van der Waals surface area (Å²) in [4.78, 5) is 64.8. The number of piperidine rings is 1. The van der Waals surface area contributed by atoms with Crippen molar-refractivity contribution < 1.29 is 29.1 Å². The monoisotopic (exact) mass is 554 g/mol. The van der Waals surface area contributed by atoms with Gasteiger partial charge in [0.05, 0.1) is 0 Å². The Kier molecular flexibility index (Phi) is 8.21. The van der Waals surface area contributed by atoms with E-state index in [9.17, 15) is 29.1 Å². The van der Waals surface area contributed by atoms with Crippen molar-refractivity contribution in [3.63, 3.8) is 0 Å². The largest absolute Gasteiger partial charge is 0.387 e. The van der Waals surface area contributed by atoms with Crippen LogP contribution in [-0.4, -0.2) is 57.1 Å². The molecule has 1 fully saturated rings. The lowest BCUT2D eigenvalue weighted by Gasteiger charge is -2.29. The summed E-state index contributed by atoms with van der Waals surface area (Å²) in [6.45, 7) is 0.632. The predicted molar refractivity (Wildman–Crippen MR) is 148 cm³/mol. The van der Waals surface area contributed by atoms with Crippen LogP contribution in [-0.2, 0) is 40.6 Å². The molecule has 41 heavy (non-hydrogen) atoms. The number of carbonyl (C=O) groups excluding carboxylic acids is 5. The average Bonchev–Trinajstić information content (AvgIpc) is 3.31. The molecular weight excluding hydrogens is 524 g/mol. The van der Waals surface area contributed by atoms with Gasteiger partial charge in [0.15, 0.2) is 0 Å². The van der Waals surface area contributed by atoms with Crippen LogP contribution in [0.1, 0.15) is 55.8 Å². The van der Waals surface area contributed by atoms with Gasteiger partial charge in [-0.2, -0.15) is 0 Å². The topological polar surface area (TPSA) is 136 Å². The molecule has 2 heterocycles. The molecule has 0 bridgehead atoms. The Balaban J connectivity index is 1.17. The SMILES string of the molecule is O=C1CCC(N2Cc3cc(C(=O)NCc4ccc(CN(Cc5ccccc5)C(=O)CO)cc4)ccc3C2=O)C(=O)N1. The third-order valence-corrected chi connectivity index (χ3v) is 7.34. The van der Waals surface area contributed by atoms with E-state index in [1.807, 2.05) is 54.6 Å². The van der Waals surface area contributed by atoms with E-state index in [4.69, 9.17) is 0 Å². The number of benzene rings is 3. The molecule has 5 rings (SSSR count). The maximum absolute atomic E-state index is 12.9. The number of fused-ring (bicyclic) bond motifs is 1. The highest BCUT2D eigenvalue weighted by molar-refractivity contribution is 6.06. The number of carbonyl (C=O) groups is 5. The standard InChI is InChI=1S/C31H30N4O6/c36-19-28(38)34(16-21-4-2-1-3-5-21)17-22-8-6-20(7-9-22)15-32-29(39)23-10-11-25-24(14-23)18-35(31(25)41)26-12-13-27(37)33-30(26)40/h1-11,14,26,36H,12-13,15-19H2,(H,32,39)(H,33,37,40). The fraction of sp³-hybridized carbons (Fsp3) is 0.258. The van der Waals surface area contributed by atoms with Crippen molar-refractivity contribution in [3.8, 4) is 0 Å². The molecule has 0 saturated carbocycles. The number of hydrogen-bond acceptors (Lipinski definition) is 6. The molecule has 2 aliphatic heterocycles. The molecule has 3 aromatic carbocycles. The number of nitrogens with zero attached hydrogens (tertiary/aromatic N) is 2. The number of imide groups is 1. The van der Waals surface area contributed by atoms with Crippen LogP contribution in [0.4, 0.5) is 0 Å². The van der Waals surface area contributed by atoms with Crippen LogP contribution in [0.15, 0.2) is 72.8 Å². The van der Waals surface area contributed by atoms with Gasteiger partial charge in [0.25, 0.3) is 11.8 Å². The van der Waals surface area contributed by atoms with E-state index in [2.05, 4.69) is 10.6 Å². The number of aliphatic hydroxyl groups is 1. The van der Waals surface area contributed by atoms with Crippen LogP contribution in [0.5, 0.6) is 0 Å². The fourth-order valence-electron chi connectivity index (χ4n) is 5.12. The molecule has 5 amide bonds. The first-order valence-corrected chi connectivity index (χ1v) is 13.4. The van der Waals surface area contributed by atoms with Gasteiger partial charge in [-0.05, 0) is 46.9 Å². The molecule has 1 atom stereocenters. The second kappa shape index (κ2) is 12.1. The number of nitrogens with one attached hydrogen (secondary N) is 2. The van der Waals surface area contributed by atoms with Crippen LogP contribution in [0, 0.1) is 0 Å². The lowest BCUT2D eigenvalue weighted by atomic mass is 10.0. The molecular formula is C31H30N4O6. The summed E-state index contributed by atoms with van der Waals surface area (Å²) in [5.74, 6) is -1.77. The summed E-state index contributed by atoms with van der Waals surface area (Å²) in [6, 6.07) is 21.2. The second-order valence-corrected chi connectivity index (χ2v) is 10.2. The number of hydrogen-bond donors (Lipinski definition) is 3. The number of aliphatic hydroxyl groups excluding tert-OH is 1. The molecule has 10 heteroatoms. The Bertz CT molecular complexity index is 1490. The lowest BCUT2D eigenvalue weighted by molar-refractivity contribution is -0.137. The van der Waals surface area contributed by atoms with Gasteiger partial charge in [0, 0.05) is 43.7 Å². The van der Waals surface area contributed by atoms with Crippen LogP contribution < -0.4 is 10.6 Å². The van der Waals surface area contributed by atoms with Crippen LogP contribution in [0.3, 0.4) is 0 Å². The van der Waals surface area contributed by atoms with Crippen molar-refractivity contribution in [1.29, 1.82) is 0 Å². The molecule has 3 N–H and O–H groups in total. The zero-order valence-corrected chi connectivity index (χ0v) is 22.3. The van der Waals surface area contributed by atoms with Gasteiger partial charge < -0.3 is 20.2 Å². The Labute approximate surface area is 236 Å². The molecule has 0 spiro atoms. The van der Waals surface area contributed by atoms with Crippen LogP contribution >= 0.6 is 0 Å². The Morgan fingerprint density at radius 1 is 0.927 bits per heavy atom. The van der Waals surface area contributed by atoms with Gasteiger partial charge in [-0.1, -0.05) is 54.6 Å². The maximum Gasteiger partial charge on any atom is 0.255 e. The zero-order valence-electron chi connectivity index (χ0n) is 22.3. The minimum atomic E-state index is -0.708. The van der Waals surface area contributed by atoms with Crippen molar-refractivity contribution in [1.82, 2.24) is 20.4 Å². The fourth-order valence-corrected chi connectivity index (χ4v) is 5.12. The summed E-state index contributed by atoms with van der Waals surface area (Å²) in [7, 11) is 0. The minimum absolute atomic E-state index is 0.178. The number of rotatable bonds is 9. The van der Waals surface area contributed by atoms with Crippen molar-refractivity contribution in [2.24, 2.45) is 0 Å². The third-order valence-electron chi connectivity index (χ3n) is 7.34. The highest BCUT2D eigenvalue weighted by atomic mass is 16.3. The third kappa shape index (κ3) is 6.33. The molecule has 0 aliphatic carbocycles. The van der Waals surface area contributed by atoms with E-state index >= 15 is 0 Å². The average molecular weight is 555 g/mol. The highest BCUT2D eigenvalue weighted by Gasteiger charge is 2.39. The minimum Gasteiger partial charge on any atom is -0.387 e. The summed E-state index contributed by atoms with van der Waals surface area (Å²) < 4.78 is 0. The highest BCUT2D eigenvalue weighted by Crippen LogP contribution is 2.28.